The van der Waals surface area contributed by atoms with Crippen molar-refractivity contribution in [1.82, 2.24) is 0 Å². The van der Waals surface area contributed by atoms with Gasteiger partial charge in [-0.15, -0.1) is 0 Å². The smallest absolute Gasteiger partial charge is 0.330 e. The summed E-state index contributed by atoms with van der Waals surface area (Å²) in [6.07, 6.45) is 7.32. The molecule has 1 aliphatic heterocycles. The Balaban J connectivity index is 2.12. The third kappa shape index (κ3) is 2.24. The molecule has 0 bridgehead atoms. The molecule has 0 N–H and O–H groups in total. The van der Waals surface area contributed by atoms with Gasteiger partial charge in [0.05, 0.1) is 20.3 Å². The molecule has 0 radical (unpaired) electrons. The van der Waals surface area contributed by atoms with Crippen LogP contribution in [-0.4, -0.2) is 32.1 Å². The minimum Gasteiger partial charge on any atom is -0.466 e. The number of rotatable bonds is 5. The molecule has 0 amide bonds. The van der Waals surface area contributed by atoms with Crippen molar-refractivity contribution in [2.75, 3.05) is 20.3 Å². The van der Waals surface area contributed by atoms with E-state index >= 15 is 0 Å². The van der Waals surface area contributed by atoms with E-state index in [1.54, 1.807) is 0 Å². The van der Waals surface area contributed by atoms with E-state index in [0.717, 1.165) is 25.7 Å². The van der Waals surface area contributed by atoms with Gasteiger partial charge in [0.25, 0.3) is 0 Å². The van der Waals surface area contributed by atoms with Gasteiger partial charge in [-0.2, -0.15) is 0 Å². The zero-order valence-corrected chi connectivity index (χ0v) is 10.5. The van der Waals surface area contributed by atoms with Crippen molar-refractivity contribution >= 4 is 5.97 Å². The van der Waals surface area contributed by atoms with Gasteiger partial charge in [0.1, 0.15) is 0 Å². The first-order valence-corrected chi connectivity index (χ1v) is 6.23. The van der Waals surface area contributed by atoms with Crippen molar-refractivity contribution in [3.05, 3.63) is 12.2 Å². The van der Waals surface area contributed by atoms with Crippen molar-refractivity contribution < 1.29 is 19.0 Å². The molecule has 0 spiro atoms. The number of ether oxygens (including phenoxy) is 3. The summed E-state index contributed by atoms with van der Waals surface area (Å²) in [7, 11) is 1.39. The summed E-state index contributed by atoms with van der Waals surface area (Å²) in [5.74, 6) is -0.826. The van der Waals surface area contributed by atoms with Crippen molar-refractivity contribution in [1.29, 1.82) is 0 Å². The summed E-state index contributed by atoms with van der Waals surface area (Å²) in [6, 6.07) is 0. The molecule has 1 saturated carbocycles. The van der Waals surface area contributed by atoms with Crippen LogP contribution in [0.25, 0.3) is 0 Å². The fourth-order valence-electron chi connectivity index (χ4n) is 2.57. The molecule has 0 aromatic carbocycles. The fraction of sp³-hybridized carbons (Fsp3) is 0.769. The first-order valence-electron chi connectivity index (χ1n) is 6.23. The maximum atomic E-state index is 11.2. The van der Waals surface area contributed by atoms with E-state index in [1.807, 2.05) is 6.08 Å². The van der Waals surface area contributed by atoms with Crippen LogP contribution in [0.3, 0.4) is 0 Å². The van der Waals surface area contributed by atoms with E-state index in [1.165, 1.54) is 13.2 Å². The minimum absolute atomic E-state index is 0.117. The summed E-state index contributed by atoms with van der Waals surface area (Å²) in [4.78, 5) is 11.2. The molecule has 96 valence electrons. The highest BCUT2D eigenvalue weighted by atomic mass is 16.7. The average Bonchev–Trinajstić information content (AvgIpc) is 3.00. The lowest BCUT2D eigenvalue weighted by molar-refractivity contribution is -0.198. The zero-order chi connectivity index (χ0) is 12.4. The van der Waals surface area contributed by atoms with Crippen LogP contribution in [0.5, 0.6) is 0 Å². The van der Waals surface area contributed by atoms with Crippen molar-refractivity contribution in [2.45, 2.75) is 38.4 Å². The summed E-state index contributed by atoms with van der Waals surface area (Å²) < 4.78 is 16.3. The predicted octanol–water partition coefficient (Wildman–Crippen LogP) is 2.04. The molecule has 4 heteroatoms. The van der Waals surface area contributed by atoms with Crippen LogP contribution in [0.4, 0.5) is 0 Å². The predicted molar refractivity (Wildman–Crippen MR) is 62.4 cm³/mol. The van der Waals surface area contributed by atoms with Crippen LogP contribution in [0.2, 0.25) is 0 Å². The Hall–Kier alpha value is -0.870. The SMILES string of the molecule is CCCC1(C2(C=CC(=O)OC)CC2)OCCO1. The van der Waals surface area contributed by atoms with Gasteiger partial charge in [0, 0.05) is 17.9 Å². The molecular formula is C13H20O4. The fourth-order valence-corrected chi connectivity index (χ4v) is 2.57. The van der Waals surface area contributed by atoms with Crippen molar-refractivity contribution in [3.8, 4) is 0 Å². The number of carbonyl (C=O) groups is 1. The van der Waals surface area contributed by atoms with E-state index in [0.29, 0.717) is 13.2 Å². The highest BCUT2D eigenvalue weighted by Crippen LogP contribution is 2.60. The molecule has 1 heterocycles. The summed E-state index contributed by atoms with van der Waals surface area (Å²) >= 11 is 0. The number of carbonyl (C=O) groups excluding carboxylic acids is 1. The van der Waals surface area contributed by atoms with Crippen LogP contribution in [0.1, 0.15) is 32.6 Å². The second kappa shape index (κ2) is 4.78. The summed E-state index contributed by atoms with van der Waals surface area (Å²) in [5.41, 5.74) is -0.117. The lowest BCUT2D eigenvalue weighted by Gasteiger charge is -2.34. The van der Waals surface area contributed by atoms with Gasteiger partial charge in [-0.3, -0.25) is 0 Å². The van der Waals surface area contributed by atoms with Crippen LogP contribution >= 0.6 is 0 Å². The number of hydrogen-bond acceptors (Lipinski definition) is 4. The first-order chi connectivity index (χ1) is 8.18. The molecule has 4 nitrogen and oxygen atoms in total. The second-order valence-corrected chi connectivity index (χ2v) is 4.71. The standard InChI is InChI=1S/C13H20O4/c1-3-5-13(16-9-10-17-13)12(7-8-12)6-4-11(14)15-2/h4,6H,3,5,7-10H2,1-2H3. The maximum absolute atomic E-state index is 11.2. The Kier molecular flexibility index (Phi) is 3.54. The van der Waals surface area contributed by atoms with E-state index in [-0.39, 0.29) is 11.4 Å². The minimum atomic E-state index is -0.508. The van der Waals surface area contributed by atoms with Gasteiger partial charge < -0.3 is 14.2 Å². The molecule has 1 saturated heterocycles. The Morgan fingerprint density at radius 2 is 2.00 bits per heavy atom. The van der Waals surface area contributed by atoms with Gasteiger partial charge in [-0.1, -0.05) is 19.4 Å². The zero-order valence-electron chi connectivity index (χ0n) is 10.5. The van der Waals surface area contributed by atoms with Crippen LogP contribution in [0.15, 0.2) is 12.2 Å². The Morgan fingerprint density at radius 3 is 2.47 bits per heavy atom. The monoisotopic (exact) mass is 240 g/mol. The van der Waals surface area contributed by atoms with Crippen molar-refractivity contribution in [2.24, 2.45) is 5.41 Å². The second-order valence-electron chi connectivity index (χ2n) is 4.71. The van der Waals surface area contributed by atoms with Gasteiger partial charge >= 0.3 is 5.97 Å². The van der Waals surface area contributed by atoms with Gasteiger partial charge in [-0.25, -0.2) is 4.79 Å². The number of esters is 1. The lowest BCUT2D eigenvalue weighted by Crippen LogP contribution is -2.40. The Labute approximate surface area is 102 Å². The number of hydrogen-bond donors (Lipinski definition) is 0. The van der Waals surface area contributed by atoms with Crippen LogP contribution in [-0.2, 0) is 19.0 Å². The molecule has 0 aromatic rings. The molecule has 2 aliphatic rings. The molecular weight excluding hydrogens is 220 g/mol. The van der Waals surface area contributed by atoms with Gasteiger partial charge in [-0.05, 0) is 12.8 Å². The molecule has 0 unspecified atom stereocenters. The highest BCUT2D eigenvalue weighted by molar-refractivity contribution is 5.82. The van der Waals surface area contributed by atoms with Crippen LogP contribution in [0, 0.1) is 5.41 Å². The molecule has 1 aliphatic carbocycles. The van der Waals surface area contributed by atoms with Crippen LogP contribution < -0.4 is 0 Å². The molecule has 0 atom stereocenters. The first kappa shape index (κ1) is 12.6. The molecule has 2 rings (SSSR count). The quantitative estimate of drug-likeness (QED) is 0.545. The van der Waals surface area contributed by atoms with E-state index in [4.69, 9.17) is 9.47 Å². The lowest BCUT2D eigenvalue weighted by atomic mass is 9.90. The Bertz CT molecular complexity index is 311. The normalized spacial score (nSPS) is 25.1. The molecule has 0 aromatic heterocycles. The topological polar surface area (TPSA) is 44.8 Å². The van der Waals surface area contributed by atoms with Gasteiger partial charge in [0.2, 0.25) is 0 Å². The maximum Gasteiger partial charge on any atom is 0.330 e. The van der Waals surface area contributed by atoms with E-state index in [9.17, 15) is 4.79 Å². The third-order valence-corrected chi connectivity index (χ3v) is 3.62. The third-order valence-electron chi connectivity index (χ3n) is 3.62. The number of methoxy groups -OCH3 is 1. The largest absolute Gasteiger partial charge is 0.466 e. The summed E-state index contributed by atoms with van der Waals surface area (Å²) in [5, 5.41) is 0. The van der Waals surface area contributed by atoms with Crippen molar-refractivity contribution in [3.63, 3.8) is 0 Å². The van der Waals surface area contributed by atoms with Gasteiger partial charge in [0.15, 0.2) is 5.79 Å². The average molecular weight is 240 g/mol. The molecule has 17 heavy (non-hydrogen) atoms. The van der Waals surface area contributed by atoms with E-state index in [2.05, 4.69) is 11.7 Å². The molecule has 2 fully saturated rings. The van der Waals surface area contributed by atoms with E-state index < -0.39 is 5.79 Å². The summed E-state index contributed by atoms with van der Waals surface area (Å²) in [6.45, 7) is 3.41. The Morgan fingerprint density at radius 1 is 1.35 bits per heavy atom. The highest BCUT2D eigenvalue weighted by Gasteiger charge is 2.61.